The highest BCUT2D eigenvalue weighted by Crippen LogP contribution is 2.25. The number of halogens is 3. The molecule has 0 atom stereocenters. The van der Waals surface area contributed by atoms with Crippen molar-refractivity contribution in [3.63, 3.8) is 0 Å². The fourth-order valence-electron chi connectivity index (χ4n) is 2.26. The maximum absolute atomic E-state index is 12.3. The first-order valence-electron chi connectivity index (χ1n) is 7.51. The molecular weight excluding hydrogens is 441 g/mol. The van der Waals surface area contributed by atoms with E-state index in [1.54, 1.807) is 18.2 Å². The lowest BCUT2D eigenvalue weighted by atomic mass is 10.1. The number of benzene rings is 2. The van der Waals surface area contributed by atoms with Crippen molar-refractivity contribution in [3.8, 4) is 11.3 Å². The van der Waals surface area contributed by atoms with Gasteiger partial charge in [-0.3, -0.25) is 9.59 Å². The third-order valence-electron chi connectivity index (χ3n) is 3.50. The van der Waals surface area contributed by atoms with E-state index in [4.69, 9.17) is 23.2 Å². The van der Waals surface area contributed by atoms with Gasteiger partial charge in [-0.2, -0.15) is 5.10 Å². The van der Waals surface area contributed by atoms with Crippen molar-refractivity contribution in [2.24, 2.45) is 0 Å². The predicted octanol–water partition coefficient (Wildman–Crippen LogP) is 4.62. The fourth-order valence-corrected chi connectivity index (χ4v) is 2.86. The van der Waals surface area contributed by atoms with Crippen LogP contribution < -0.4 is 10.9 Å². The molecule has 0 fully saturated rings. The first kappa shape index (κ1) is 18.6. The number of hydrogen-bond donors (Lipinski definition) is 1. The Morgan fingerprint density at radius 3 is 2.54 bits per heavy atom. The molecule has 26 heavy (non-hydrogen) atoms. The molecule has 3 aromatic rings. The average Bonchev–Trinajstić information content (AvgIpc) is 2.61. The van der Waals surface area contributed by atoms with Crippen LogP contribution in [-0.4, -0.2) is 15.7 Å². The quantitative estimate of drug-likeness (QED) is 0.628. The Morgan fingerprint density at radius 1 is 1.08 bits per heavy atom. The predicted molar refractivity (Wildman–Crippen MR) is 107 cm³/mol. The van der Waals surface area contributed by atoms with E-state index in [1.807, 2.05) is 24.3 Å². The third kappa shape index (κ3) is 4.52. The van der Waals surface area contributed by atoms with Crippen LogP contribution in [0, 0.1) is 0 Å². The van der Waals surface area contributed by atoms with Gasteiger partial charge in [0.1, 0.15) is 6.54 Å². The van der Waals surface area contributed by atoms with Crippen LogP contribution in [0.3, 0.4) is 0 Å². The molecule has 0 aliphatic heterocycles. The van der Waals surface area contributed by atoms with Crippen molar-refractivity contribution in [2.45, 2.75) is 6.54 Å². The molecule has 0 saturated heterocycles. The number of nitrogens with one attached hydrogen (secondary N) is 1. The van der Waals surface area contributed by atoms with Gasteiger partial charge in [0.2, 0.25) is 5.91 Å². The van der Waals surface area contributed by atoms with E-state index in [1.165, 1.54) is 12.1 Å². The molecule has 0 saturated carbocycles. The van der Waals surface area contributed by atoms with Gasteiger partial charge in [0.15, 0.2) is 0 Å². The Morgan fingerprint density at radius 2 is 1.81 bits per heavy atom. The summed E-state index contributed by atoms with van der Waals surface area (Å²) in [7, 11) is 0. The smallest absolute Gasteiger partial charge is 0.267 e. The topological polar surface area (TPSA) is 64.0 Å². The van der Waals surface area contributed by atoms with Gasteiger partial charge in [-0.1, -0.05) is 51.3 Å². The van der Waals surface area contributed by atoms with Gasteiger partial charge in [-0.25, -0.2) is 4.68 Å². The minimum absolute atomic E-state index is 0.244. The number of aromatic nitrogens is 2. The van der Waals surface area contributed by atoms with Crippen molar-refractivity contribution >= 4 is 50.7 Å². The summed E-state index contributed by atoms with van der Waals surface area (Å²) in [5, 5.41) is 7.69. The zero-order valence-electron chi connectivity index (χ0n) is 13.2. The number of carbonyl (C=O) groups is 1. The summed E-state index contributed by atoms with van der Waals surface area (Å²) in [5.41, 5.74) is 1.42. The van der Waals surface area contributed by atoms with Crippen molar-refractivity contribution in [2.75, 3.05) is 5.32 Å². The molecular formula is C18H12BrCl2N3O2. The Balaban J connectivity index is 1.81. The molecule has 1 heterocycles. The number of anilines is 1. The Bertz CT molecular complexity index is 1020. The molecule has 1 amide bonds. The number of hydrogen-bond acceptors (Lipinski definition) is 3. The lowest BCUT2D eigenvalue weighted by Gasteiger charge is -2.10. The van der Waals surface area contributed by atoms with Crippen LogP contribution in [0.15, 0.2) is 63.9 Å². The molecule has 0 bridgehead atoms. The van der Waals surface area contributed by atoms with E-state index in [2.05, 4.69) is 26.3 Å². The molecule has 8 heteroatoms. The van der Waals surface area contributed by atoms with Gasteiger partial charge in [0, 0.05) is 21.1 Å². The lowest BCUT2D eigenvalue weighted by Crippen LogP contribution is -2.29. The molecule has 0 radical (unpaired) electrons. The van der Waals surface area contributed by atoms with Crippen LogP contribution in [0.1, 0.15) is 0 Å². The summed E-state index contributed by atoms with van der Waals surface area (Å²) in [6.45, 7) is -0.244. The number of amides is 1. The van der Waals surface area contributed by atoms with Crippen molar-refractivity contribution in [3.05, 3.63) is 79.5 Å². The van der Waals surface area contributed by atoms with E-state index in [0.717, 1.165) is 14.7 Å². The second kappa shape index (κ2) is 8.03. The Labute approximate surface area is 167 Å². The Hall–Kier alpha value is -2.15. The van der Waals surface area contributed by atoms with E-state index >= 15 is 0 Å². The second-order valence-corrected chi connectivity index (χ2v) is 7.15. The minimum atomic E-state index is -0.434. The SMILES string of the molecule is O=C(Cn1nc(-c2ccc(Br)cc2)ccc1=O)Nc1cc(Cl)ccc1Cl. The largest absolute Gasteiger partial charge is 0.323 e. The van der Waals surface area contributed by atoms with E-state index in [-0.39, 0.29) is 12.1 Å². The molecule has 1 N–H and O–H groups in total. The van der Waals surface area contributed by atoms with Crippen LogP contribution in [0.5, 0.6) is 0 Å². The summed E-state index contributed by atoms with van der Waals surface area (Å²) < 4.78 is 2.04. The van der Waals surface area contributed by atoms with E-state index in [0.29, 0.717) is 21.4 Å². The number of carbonyl (C=O) groups excluding carboxylic acids is 1. The average molecular weight is 453 g/mol. The third-order valence-corrected chi connectivity index (χ3v) is 4.60. The lowest BCUT2D eigenvalue weighted by molar-refractivity contribution is -0.117. The van der Waals surface area contributed by atoms with Crippen LogP contribution in [0.2, 0.25) is 10.0 Å². The first-order chi connectivity index (χ1) is 12.4. The summed E-state index contributed by atoms with van der Waals surface area (Å²) in [5.74, 6) is -0.434. The van der Waals surface area contributed by atoms with Gasteiger partial charge < -0.3 is 5.32 Å². The molecule has 0 spiro atoms. The monoisotopic (exact) mass is 451 g/mol. The van der Waals surface area contributed by atoms with Gasteiger partial charge in [0.25, 0.3) is 5.56 Å². The number of rotatable bonds is 4. The molecule has 2 aromatic carbocycles. The number of nitrogens with zero attached hydrogens (tertiary/aromatic N) is 2. The summed E-state index contributed by atoms with van der Waals surface area (Å²) >= 11 is 15.3. The van der Waals surface area contributed by atoms with Gasteiger partial charge in [-0.15, -0.1) is 0 Å². The standard InChI is InChI=1S/C18H12BrCl2N3O2/c19-12-3-1-11(2-4-12)15-7-8-18(26)24(23-15)10-17(25)22-16-9-13(20)5-6-14(16)21/h1-9H,10H2,(H,22,25). The van der Waals surface area contributed by atoms with Gasteiger partial charge in [-0.05, 0) is 36.4 Å². The van der Waals surface area contributed by atoms with Crippen LogP contribution >= 0.6 is 39.1 Å². The molecule has 0 unspecified atom stereocenters. The highest BCUT2D eigenvalue weighted by Gasteiger charge is 2.10. The van der Waals surface area contributed by atoms with Crippen LogP contribution in [0.25, 0.3) is 11.3 Å². The maximum atomic E-state index is 12.3. The van der Waals surface area contributed by atoms with Crippen molar-refractivity contribution < 1.29 is 4.79 Å². The zero-order chi connectivity index (χ0) is 18.7. The normalized spacial score (nSPS) is 10.6. The highest BCUT2D eigenvalue weighted by atomic mass is 79.9. The summed E-state index contributed by atoms with van der Waals surface area (Å²) in [4.78, 5) is 24.3. The summed E-state index contributed by atoms with van der Waals surface area (Å²) in [6, 6.07) is 15.2. The summed E-state index contributed by atoms with van der Waals surface area (Å²) in [6.07, 6.45) is 0. The Kier molecular flexibility index (Phi) is 5.76. The molecule has 132 valence electrons. The fraction of sp³-hybridized carbons (Fsp3) is 0.0556. The zero-order valence-corrected chi connectivity index (χ0v) is 16.3. The molecule has 0 aliphatic carbocycles. The van der Waals surface area contributed by atoms with Crippen LogP contribution in [-0.2, 0) is 11.3 Å². The molecule has 1 aromatic heterocycles. The highest BCUT2D eigenvalue weighted by molar-refractivity contribution is 9.10. The molecule has 5 nitrogen and oxygen atoms in total. The van der Waals surface area contributed by atoms with Crippen molar-refractivity contribution in [1.82, 2.24) is 9.78 Å². The van der Waals surface area contributed by atoms with Crippen LogP contribution in [0.4, 0.5) is 5.69 Å². The van der Waals surface area contributed by atoms with E-state index in [9.17, 15) is 9.59 Å². The minimum Gasteiger partial charge on any atom is -0.323 e. The van der Waals surface area contributed by atoms with Gasteiger partial charge >= 0.3 is 0 Å². The van der Waals surface area contributed by atoms with E-state index < -0.39 is 5.91 Å². The van der Waals surface area contributed by atoms with Gasteiger partial charge in [0.05, 0.1) is 16.4 Å². The molecule has 3 rings (SSSR count). The maximum Gasteiger partial charge on any atom is 0.267 e. The van der Waals surface area contributed by atoms with Crippen molar-refractivity contribution in [1.29, 1.82) is 0 Å². The first-order valence-corrected chi connectivity index (χ1v) is 9.06. The second-order valence-electron chi connectivity index (χ2n) is 5.39. The molecule has 0 aliphatic rings.